The van der Waals surface area contributed by atoms with Crippen molar-refractivity contribution in [3.8, 4) is 11.5 Å². The van der Waals surface area contributed by atoms with Crippen molar-refractivity contribution in [3.05, 3.63) is 90.3 Å². The molecule has 0 atom stereocenters. The van der Waals surface area contributed by atoms with Crippen molar-refractivity contribution in [2.75, 3.05) is 20.8 Å². The van der Waals surface area contributed by atoms with Crippen molar-refractivity contribution in [1.82, 2.24) is 4.90 Å². The summed E-state index contributed by atoms with van der Waals surface area (Å²) < 4.78 is 18.6. The van der Waals surface area contributed by atoms with Crippen LogP contribution in [0.3, 0.4) is 0 Å². The molecule has 1 fully saturated rings. The van der Waals surface area contributed by atoms with E-state index in [1.165, 1.54) is 23.8 Å². The molecule has 10 heteroatoms. The fourth-order valence-corrected chi connectivity index (χ4v) is 5.55. The van der Waals surface area contributed by atoms with Crippen molar-refractivity contribution in [2.45, 2.75) is 13.5 Å². The number of nitrogens with zero attached hydrogens (tertiary/aromatic N) is 2. The van der Waals surface area contributed by atoms with Gasteiger partial charge in [-0.15, -0.1) is 0 Å². The maximum atomic E-state index is 13.0. The first-order valence-electron chi connectivity index (χ1n) is 11.6. The fourth-order valence-electron chi connectivity index (χ4n) is 3.51. The number of hydrogen-bond donors (Lipinski definition) is 0. The SMILES string of the molecule is CCOc1cc(/C=C2\SC(=Nc3ccc(C(=O)OC)cc3)N(C)C2=O)cc(I)c1OCc1ccc(Br)cc1. The fraction of sp³-hybridized carbons (Fsp3) is 0.179. The Bertz CT molecular complexity index is 1410. The number of benzene rings is 3. The van der Waals surface area contributed by atoms with Crippen LogP contribution in [0, 0.1) is 3.57 Å². The molecule has 0 aliphatic carbocycles. The molecular formula is C28H24BrIN2O5S. The smallest absolute Gasteiger partial charge is 0.337 e. The molecule has 3 aromatic rings. The summed E-state index contributed by atoms with van der Waals surface area (Å²) >= 11 is 6.96. The van der Waals surface area contributed by atoms with Crippen molar-refractivity contribution < 1.29 is 23.8 Å². The molecule has 1 heterocycles. The van der Waals surface area contributed by atoms with E-state index in [9.17, 15) is 9.59 Å². The first-order valence-corrected chi connectivity index (χ1v) is 14.3. The number of esters is 1. The summed E-state index contributed by atoms with van der Waals surface area (Å²) in [6.07, 6.45) is 1.83. The Kier molecular flexibility index (Phi) is 9.50. The number of carbonyl (C=O) groups is 2. The molecule has 4 rings (SSSR count). The van der Waals surface area contributed by atoms with Crippen LogP contribution in [0.15, 0.2) is 75.0 Å². The highest BCUT2D eigenvalue weighted by Gasteiger charge is 2.30. The molecule has 0 N–H and O–H groups in total. The molecule has 7 nitrogen and oxygen atoms in total. The predicted molar refractivity (Wildman–Crippen MR) is 162 cm³/mol. The number of aliphatic imine (C=N–C) groups is 1. The molecule has 0 unspecified atom stereocenters. The van der Waals surface area contributed by atoms with Crippen LogP contribution in [0.4, 0.5) is 5.69 Å². The minimum atomic E-state index is -0.414. The molecule has 0 saturated carbocycles. The van der Waals surface area contributed by atoms with Crippen LogP contribution < -0.4 is 9.47 Å². The van der Waals surface area contributed by atoms with E-state index in [1.54, 1.807) is 31.3 Å². The standard InChI is InChI=1S/C28H24BrIN2O5S/c1-4-36-23-14-18(13-22(30)25(23)37-16-17-5-9-20(29)10-6-17)15-24-26(33)32(2)28(38-24)31-21-11-7-19(8-12-21)27(34)35-3/h5-15H,4,16H2,1-3H3/b24-15-,31-28?. The molecule has 1 aliphatic rings. The number of thioether (sulfide) groups is 1. The largest absolute Gasteiger partial charge is 0.490 e. The number of carbonyl (C=O) groups excluding carboxylic acids is 2. The van der Waals surface area contributed by atoms with Gasteiger partial charge in [-0.1, -0.05) is 28.1 Å². The second-order valence-electron chi connectivity index (χ2n) is 8.09. The minimum absolute atomic E-state index is 0.150. The predicted octanol–water partition coefficient (Wildman–Crippen LogP) is 7.05. The number of methoxy groups -OCH3 is 1. The average Bonchev–Trinajstić information content (AvgIpc) is 3.17. The highest BCUT2D eigenvalue weighted by molar-refractivity contribution is 14.1. The van der Waals surface area contributed by atoms with Gasteiger partial charge in [-0.25, -0.2) is 9.79 Å². The maximum Gasteiger partial charge on any atom is 0.337 e. The van der Waals surface area contributed by atoms with E-state index in [0.29, 0.717) is 46.0 Å². The Morgan fingerprint density at radius 2 is 1.82 bits per heavy atom. The van der Waals surface area contributed by atoms with E-state index < -0.39 is 5.97 Å². The molecule has 1 amide bonds. The number of hydrogen-bond acceptors (Lipinski definition) is 7. The Morgan fingerprint density at radius 1 is 1.11 bits per heavy atom. The summed E-state index contributed by atoms with van der Waals surface area (Å²) in [5, 5.41) is 0.543. The Morgan fingerprint density at radius 3 is 2.47 bits per heavy atom. The number of rotatable bonds is 8. The van der Waals surface area contributed by atoms with E-state index >= 15 is 0 Å². The molecule has 1 saturated heterocycles. The van der Waals surface area contributed by atoms with Gasteiger partial charge in [0.05, 0.1) is 33.4 Å². The number of ether oxygens (including phenoxy) is 3. The summed E-state index contributed by atoms with van der Waals surface area (Å²) in [7, 11) is 3.02. The summed E-state index contributed by atoms with van der Waals surface area (Å²) in [5.41, 5.74) is 2.92. The lowest BCUT2D eigenvalue weighted by Gasteiger charge is -2.15. The normalized spacial score (nSPS) is 15.3. The van der Waals surface area contributed by atoms with Gasteiger partial charge in [-0.05, 0) is 107 Å². The van der Waals surface area contributed by atoms with Gasteiger partial charge in [0.1, 0.15) is 6.61 Å². The lowest BCUT2D eigenvalue weighted by Crippen LogP contribution is -2.23. The van der Waals surface area contributed by atoms with Crippen molar-refractivity contribution in [1.29, 1.82) is 0 Å². The zero-order valence-corrected chi connectivity index (χ0v) is 25.4. The summed E-state index contributed by atoms with van der Waals surface area (Å²) in [4.78, 5) is 31.3. The van der Waals surface area contributed by atoms with E-state index in [0.717, 1.165) is 19.2 Å². The summed E-state index contributed by atoms with van der Waals surface area (Å²) in [5.74, 6) is 0.718. The van der Waals surface area contributed by atoms with E-state index in [4.69, 9.17) is 14.2 Å². The Hall–Kier alpha value is -2.83. The minimum Gasteiger partial charge on any atom is -0.490 e. The van der Waals surface area contributed by atoms with Crippen LogP contribution in [0.25, 0.3) is 6.08 Å². The molecule has 3 aromatic carbocycles. The van der Waals surface area contributed by atoms with Gasteiger partial charge < -0.3 is 14.2 Å². The molecule has 196 valence electrons. The van der Waals surface area contributed by atoms with Gasteiger partial charge in [-0.3, -0.25) is 9.69 Å². The monoisotopic (exact) mass is 706 g/mol. The first-order chi connectivity index (χ1) is 18.3. The maximum absolute atomic E-state index is 13.0. The number of halogens is 2. The lowest BCUT2D eigenvalue weighted by atomic mass is 10.1. The van der Waals surface area contributed by atoms with Crippen molar-refractivity contribution in [2.24, 2.45) is 4.99 Å². The average molecular weight is 707 g/mol. The zero-order chi connectivity index (χ0) is 27.2. The third-order valence-corrected chi connectivity index (χ3v) is 7.83. The van der Waals surface area contributed by atoms with Crippen LogP contribution in [0.2, 0.25) is 0 Å². The van der Waals surface area contributed by atoms with Gasteiger partial charge in [-0.2, -0.15) is 0 Å². The first kappa shape index (κ1) is 28.2. The van der Waals surface area contributed by atoms with Crippen LogP contribution in [-0.4, -0.2) is 42.7 Å². The third kappa shape index (κ3) is 6.78. The van der Waals surface area contributed by atoms with Crippen molar-refractivity contribution in [3.63, 3.8) is 0 Å². The molecule has 0 bridgehead atoms. The topological polar surface area (TPSA) is 77.4 Å². The molecule has 1 aliphatic heterocycles. The highest BCUT2D eigenvalue weighted by Crippen LogP contribution is 2.38. The highest BCUT2D eigenvalue weighted by atomic mass is 127. The van der Waals surface area contributed by atoms with Gasteiger partial charge >= 0.3 is 5.97 Å². The van der Waals surface area contributed by atoms with Gasteiger partial charge in [0, 0.05) is 11.5 Å². The van der Waals surface area contributed by atoms with E-state index in [-0.39, 0.29) is 5.91 Å². The van der Waals surface area contributed by atoms with Crippen molar-refractivity contribution >= 4 is 79.1 Å². The van der Waals surface area contributed by atoms with E-state index in [1.807, 2.05) is 49.4 Å². The molecule has 0 aromatic heterocycles. The van der Waals surface area contributed by atoms with Gasteiger partial charge in [0.2, 0.25) is 0 Å². The number of likely N-dealkylation sites (N-methyl/N-ethyl adjacent to an activating group) is 1. The molecule has 0 radical (unpaired) electrons. The van der Waals surface area contributed by atoms with Gasteiger partial charge in [0.25, 0.3) is 5.91 Å². The summed E-state index contributed by atoms with van der Waals surface area (Å²) in [6, 6.07) is 18.5. The van der Waals surface area contributed by atoms with Crippen LogP contribution in [0.1, 0.15) is 28.4 Å². The Balaban J connectivity index is 1.55. The van der Waals surface area contributed by atoms with Gasteiger partial charge in [0.15, 0.2) is 16.7 Å². The lowest BCUT2D eigenvalue weighted by molar-refractivity contribution is -0.121. The number of amidine groups is 1. The van der Waals surface area contributed by atoms with Crippen LogP contribution in [-0.2, 0) is 16.1 Å². The number of amides is 1. The molecular weight excluding hydrogens is 683 g/mol. The van der Waals surface area contributed by atoms with E-state index in [2.05, 4.69) is 43.5 Å². The third-order valence-electron chi connectivity index (χ3n) is 5.44. The summed E-state index contributed by atoms with van der Waals surface area (Å²) in [6.45, 7) is 2.80. The van der Waals surface area contributed by atoms with Crippen LogP contribution in [0.5, 0.6) is 11.5 Å². The van der Waals surface area contributed by atoms with Crippen LogP contribution >= 0.6 is 50.3 Å². The molecule has 0 spiro atoms. The quantitative estimate of drug-likeness (QED) is 0.142. The molecule has 38 heavy (non-hydrogen) atoms. The second-order valence-corrected chi connectivity index (χ2v) is 11.2. The zero-order valence-electron chi connectivity index (χ0n) is 20.9. The second kappa shape index (κ2) is 12.8. The Labute approximate surface area is 247 Å².